The van der Waals surface area contributed by atoms with Crippen LogP contribution in [0.5, 0.6) is 5.75 Å². The van der Waals surface area contributed by atoms with Gasteiger partial charge in [-0.2, -0.15) is 22.7 Å². The van der Waals surface area contributed by atoms with Crippen molar-refractivity contribution in [2.45, 2.75) is 52.3 Å². The number of carbonyl (C=O) groups excluding carboxylic acids is 2. The molecule has 0 saturated carbocycles. The van der Waals surface area contributed by atoms with Gasteiger partial charge in [0.2, 0.25) is 11.7 Å². The van der Waals surface area contributed by atoms with Crippen molar-refractivity contribution < 1.29 is 32.2 Å². The van der Waals surface area contributed by atoms with Crippen LogP contribution in [0.1, 0.15) is 59.5 Å². The number of halogens is 4. The normalized spacial score (nSPS) is 17.2. The molecule has 2 fully saturated rings. The molecule has 2 saturated heterocycles. The second kappa shape index (κ2) is 14.1. The molecule has 0 unspecified atom stereocenters. The number of aryl methyl sites for hydroxylation is 1. The summed E-state index contributed by atoms with van der Waals surface area (Å²) in [6.45, 7) is 5.73. The maximum absolute atomic E-state index is 14.4. The molecule has 7 rings (SSSR count). The number of anilines is 2. The molecular weight excluding hydrogens is 719 g/mol. The van der Waals surface area contributed by atoms with E-state index in [1.165, 1.54) is 18.0 Å². The minimum Gasteiger partial charge on any atom is -0.492 e. The van der Waals surface area contributed by atoms with Crippen LogP contribution in [0.3, 0.4) is 0 Å². The maximum atomic E-state index is 14.4. The minimum absolute atomic E-state index is 0.000255. The first kappa shape index (κ1) is 36.3. The van der Waals surface area contributed by atoms with Crippen molar-refractivity contribution in [3.05, 3.63) is 74.4 Å². The number of fused-ring (bicyclic) bond motifs is 1. The monoisotopic (exact) mass is 755 g/mol. The molecule has 4 aromatic rings. The summed E-state index contributed by atoms with van der Waals surface area (Å²) in [5.74, 6) is -0.112. The number of alkyl halides is 3. The highest BCUT2D eigenvalue weighted by atomic mass is 35.5. The van der Waals surface area contributed by atoms with E-state index in [0.29, 0.717) is 54.7 Å². The quantitative estimate of drug-likeness (QED) is 0.274. The number of allylic oxidation sites excluding steroid dienone is 2. The lowest BCUT2D eigenvalue weighted by Gasteiger charge is -2.43. The Labute approximate surface area is 306 Å². The zero-order chi connectivity index (χ0) is 37.7. The van der Waals surface area contributed by atoms with Gasteiger partial charge in [0.05, 0.1) is 48.0 Å². The van der Waals surface area contributed by atoms with Gasteiger partial charge in [0.1, 0.15) is 18.6 Å². The Hall–Kier alpha value is -5.03. The summed E-state index contributed by atoms with van der Waals surface area (Å²) in [6, 6.07) is 2.68. The average molecular weight is 756 g/mol. The largest absolute Gasteiger partial charge is 0.492 e. The van der Waals surface area contributed by atoms with Crippen molar-refractivity contribution in [1.82, 2.24) is 34.0 Å². The van der Waals surface area contributed by atoms with Gasteiger partial charge in [-0.3, -0.25) is 14.4 Å². The molecule has 1 aliphatic carbocycles. The molecule has 2 amide bonds. The summed E-state index contributed by atoms with van der Waals surface area (Å²) < 4.78 is 53.4. The number of piperazine rings is 1. The number of amides is 2. The molecule has 18 heteroatoms. The van der Waals surface area contributed by atoms with Gasteiger partial charge >= 0.3 is 6.18 Å². The fourth-order valence-corrected chi connectivity index (χ4v) is 7.36. The van der Waals surface area contributed by atoms with Gasteiger partial charge in [-0.15, -0.1) is 5.10 Å². The molecule has 1 spiro atoms. The fraction of sp³-hybridized carbons (Fsp3) is 0.457. The number of carbonyl (C=O) groups is 2. The van der Waals surface area contributed by atoms with Crippen molar-refractivity contribution in [3.8, 4) is 5.75 Å². The highest BCUT2D eigenvalue weighted by molar-refractivity contribution is 6.33. The van der Waals surface area contributed by atoms with E-state index in [4.69, 9.17) is 26.1 Å². The van der Waals surface area contributed by atoms with Gasteiger partial charge in [0, 0.05) is 31.6 Å². The molecule has 5 heterocycles. The van der Waals surface area contributed by atoms with Crippen molar-refractivity contribution in [1.29, 1.82) is 0 Å². The number of rotatable bonds is 8. The van der Waals surface area contributed by atoms with Crippen molar-refractivity contribution in [3.63, 3.8) is 0 Å². The predicted octanol–water partition coefficient (Wildman–Crippen LogP) is 4.42. The predicted molar refractivity (Wildman–Crippen MR) is 188 cm³/mol. The number of aromatic nitrogens is 6. The van der Waals surface area contributed by atoms with Crippen molar-refractivity contribution >= 4 is 46.1 Å². The number of hydrogen-bond acceptors (Lipinski definition) is 10. The molecule has 1 aromatic carbocycles. The lowest BCUT2D eigenvalue weighted by molar-refractivity contribution is -0.137. The van der Waals surface area contributed by atoms with Crippen LogP contribution >= 0.6 is 11.6 Å². The summed E-state index contributed by atoms with van der Waals surface area (Å²) in [4.78, 5) is 58.0. The van der Waals surface area contributed by atoms with E-state index in [0.717, 1.165) is 36.6 Å². The van der Waals surface area contributed by atoms with Gasteiger partial charge in [-0.1, -0.05) is 24.6 Å². The molecule has 3 aromatic heterocycles. The van der Waals surface area contributed by atoms with Crippen LogP contribution in [0.15, 0.2) is 35.4 Å². The first-order valence-corrected chi connectivity index (χ1v) is 17.6. The third-order valence-corrected chi connectivity index (χ3v) is 10.4. The summed E-state index contributed by atoms with van der Waals surface area (Å²) in [5, 5.41) is 6.99. The third-order valence-electron chi connectivity index (χ3n) is 10.1. The highest BCUT2D eigenvalue weighted by Gasteiger charge is 2.40. The standard InChI is InChI=1S/C35H37ClF3N9O5/c1-4-25-28(45-11-13-46(14-12-45)31(50)27-29(52-3)20(2)40-19-41-27)32(51)48-33(43-30(44-48)21-7-9-34(10-8-21)17-53-18-34)47(25)16-26(49)42-24-6-5-22(15-23(24)36)35(37,38)39/h5-7,15,19H,4,8-14,16-18H2,1-3H3,(H,42,49). The van der Waals surface area contributed by atoms with Crippen LogP contribution in [0.25, 0.3) is 11.4 Å². The van der Waals surface area contributed by atoms with E-state index in [2.05, 4.69) is 26.5 Å². The molecule has 3 aliphatic rings. The van der Waals surface area contributed by atoms with Crippen LogP contribution in [-0.4, -0.2) is 92.3 Å². The van der Waals surface area contributed by atoms with Gasteiger partial charge in [-0.25, -0.2) is 9.97 Å². The average Bonchev–Trinajstić information content (AvgIpc) is 3.58. The first-order valence-electron chi connectivity index (χ1n) is 17.2. The number of ether oxygens (including phenoxy) is 2. The molecule has 53 heavy (non-hydrogen) atoms. The van der Waals surface area contributed by atoms with Crippen LogP contribution < -0.4 is 20.5 Å². The Bertz CT molecular complexity index is 2190. The molecule has 0 bridgehead atoms. The topological polar surface area (TPSA) is 149 Å². The smallest absolute Gasteiger partial charge is 0.416 e. The number of nitrogens with one attached hydrogen (secondary N) is 1. The Morgan fingerprint density at radius 2 is 1.89 bits per heavy atom. The third kappa shape index (κ3) is 6.83. The zero-order valence-electron chi connectivity index (χ0n) is 29.3. The summed E-state index contributed by atoms with van der Waals surface area (Å²) in [6.07, 6.45) is 1.49. The molecule has 2 aliphatic heterocycles. The molecule has 0 radical (unpaired) electrons. The summed E-state index contributed by atoms with van der Waals surface area (Å²) in [5.41, 5.74) is 1.13. The molecule has 14 nitrogen and oxygen atoms in total. The van der Waals surface area contributed by atoms with Crippen LogP contribution in [0.2, 0.25) is 5.02 Å². The second-order valence-electron chi connectivity index (χ2n) is 13.5. The Balaban J connectivity index is 1.22. The minimum atomic E-state index is -4.61. The number of methoxy groups -OCH3 is 1. The zero-order valence-corrected chi connectivity index (χ0v) is 30.1. The first-order chi connectivity index (χ1) is 25.3. The number of hydrogen-bond donors (Lipinski definition) is 1. The van der Waals surface area contributed by atoms with E-state index in [1.54, 1.807) is 16.4 Å². The number of nitrogens with zero attached hydrogens (tertiary/aromatic N) is 8. The van der Waals surface area contributed by atoms with E-state index < -0.39 is 23.2 Å². The molecule has 280 valence electrons. The van der Waals surface area contributed by atoms with E-state index >= 15 is 0 Å². The van der Waals surface area contributed by atoms with Gasteiger partial charge in [0.25, 0.3) is 11.5 Å². The van der Waals surface area contributed by atoms with Crippen LogP contribution in [0, 0.1) is 12.3 Å². The number of benzene rings is 1. The fourth-order valence-electron chi connectivity index (χ4n) is 7.13. The Kier molecular flexibility index (Phi) is 9.65. The molecule has 0 atom stereocenters. The molecule has 1 N–H and O–H groups in total. The lowest BCUT2D eigenvalue weighted by Crippen LogP contribution is -2.51. The second-order valence-corrected chi connectivity index (χ2v) is 13.9. The van der Waals surface area contributed by atoms with Gasteiger partial charge in [0.15, 0.2) is 17.3 Å². The van der Waals surface area contributed by atoms with Crippen LogP contribution in [0.4, 0.5) is 24.5 Å². The maximum Gasteiger partial charge on any atom is 0.416 e. The SMILES string of the molecule is CCc1c(N2CCN(C(=O)c3ncnc(C)c3OC)CC2)c(=O)n2nc(C3=CCC4(CC3)COC4)nc2n1CC(=O)Nc1ccc(C(F)(F)F)cc1Cl. The lowest BCUT2D eigenvalue weighted by atomic mass is 9.73. The summed E-state index contributed by atoms with van der Waals surface area (Å²) in [7, 11) is 1.45. The Morgan fingerprint density at radius 3 is 2.49 bits per heavy atom. The van der Waals surface area contributed by atoms with Crippen LogP contribution in [-0.2, 0) is 28.7 Å². The highest BCUT2D eigenvalue weighted by Crippen LogP contribution is 2.43. The molecular formula is C35H37ClF3N9O5. The van der Waals surface area contributed by atoms with Crippen molar-refractivity contribution in [2.75, 3.05) is 56.7 Å². The van der Waals surface area contributed by atoms with Crippen molar-refractivity contribution in [2.24, 2.45) is 5.41 Å². The summed E-state index contributed by atoms with van der Waals surface area (Å²) >= 11 is 6.15. The van der Waals surface area contributed by atoms with E-state index in [9.17, 15) is 27.6 Å². The van der Waals surface area contributed by atoms with Gasteiger partial charge < -0.3 is 29.2 Å². The van der Waals surface area contributed by atoms with E-state index in [-0.39, 0.29) is 66.2 Å². The van der Waals surface area contributed by atoms with E-state index in [1.807, 2.05) is 11.8 Å². The Morgan fingerprint density at radius 1 is 1.13 bits per heavy atom. The van der Waals surface area contributed by atoms with Gasteiger partial charge in [-0.05, 0) is 56.4 Å².